The lowest BCUT2D eigenvalue weighted by Gasteiger charge is -2.19. The molecule has 0 unspecified atom stereocenters. The molecule has 1 nitrogen and oxygen atoms in total. The summed E-state index contributed by atoms with van der Waals surface area (Å²) >= 11 is 0. The summed E-state index contributed by atoms with van der Waals surface area (Å²) in [5.41, 5.74) is 0. The van der Waals surface area contributed by atoms with E-state index >= 15 is 0 Å². The summed E-state index contributed by atoms with van der Waals surface area (Å²) in [7, 11) is 1.33. The van der Waals surface area contributed by atoms with Gasteiger partial charge in [0.05, 0.1) is 7.11 Å². The maximum Gasteiger partial charge on any atom is 0.127 e. The number of benzene rings is 3. The Bertz CT molecular complexity index is 722. The lowest BCUT2D eigenvalue weighted by atomic mass is 10.1. The summed E-state index contributed by atoms with van der Waals surface area (Å²) in [4.78, 5) is 0. The van der Waals surface area contributed by atoms with Gasteiger partial charge < -0.3 is 4.74 Å². The van der Waals surface area contributed by atoms with Crippen molar-refractivity contribution in [2.75, 3.05) is 13.8 Å². The molecule has 0 amide bonds. The van der Waals surface area contributed by atoms with E-state index in [2.05, 4.69) is 73.4 Å². The average Bonchev–Trinajstić information content (AvgIpc) is 2.54. The highest BCUT2D eigenvalue weighted by Gasteiger charge is 2.16. The Balaban J connectivity index is 2.23. The number of hydrogen-bond donors (Lipinski definition) is 0. The van der Waals surface area contributed by atoms with Crippen LogP contribution in [0.2, 0.25) is 0 Å². The first-order valence-corrected chi connectivity index (χ1v) is 8.44. The Labute approximate surface area is 121 Å². The Morgan fingerprint density at radius 3 is 2.25 bits per heavy atom. The molecule has 0 saturated carbocycles. The van der Waals surface area contributed by atoms with Crippen LogP contribution in [-0.4, -0.2) is 13.8 Å². The second-order valence-electron chi connectivity index (χ2n) is 4.73. The predicted octanol–water partition coefficient (Wildman–Crippen LogP) is 3.91. The minimum atomic E-state index is -0.422. The molecule has 0 aliphatic heterocycles. The van der Waals surface area contributed by atoms with Crippen molar-refractivity contribution in [1.82, 2.24) is 0 Å². The van der Waals surface area contributed by atoms with Crippen LogP contribution in [0.5, 0.6) is 5.75 Å². The van der Waals surface area contributed by atoms with Crippen LogP contribution in [0.15, 0.2) is 66.7 Å². The third kappa shape index (κ3) is 2.30. The monoisotopic (exact) mass is 280 g/mol. The smallest absolute Gasteiger partial charge is 0.127 e. The van der Waals surface area contributed by atoms with Gasteiger partial charge >= 0.3 is 0 Å². The zero-order valence-corrected chi connectivity index (χ0v) is 12.6. The van der Waals surface area contributed by atoms with Gasteiger partial charge in [0.1, 0.15) is 5.75 Å². The van der Waals surface area contributed by atoms with Crippen molar-refractivity contribution in [2.24, 2.45) is 0 Å². The van der Waals surface area contributed by atoms with Crippen LogP contribution in [0, 0.1) is 0 Å². The van der Waals surface area contributed by atoms with Crippen molar-refractivity contribution in [3.63, 3.8) is 0 Å². The predicted molar refractivity (Wildman–Crippen MR) is 89.1 cm³/mol. The van der Waals surface area contributed by atoms with Gasteiger partial charge in [-0.3, -0.25) is 0 Å². The highest BCUT2D eigenvalue weighted by atomic mass is 31.1. The fourth-order valence-electron chi connectivity index (χ4n) is 2.53. The van der Waals surface area contributed by atoms with Crippen LogP contribution >= 0.6 is 7.92 Å². The first-order valence-electron chi connectivity index (χ1n) is 6.66. The summed E-state index contributed by atoms with van der Waals surface area (Å²) in [6.07, 6.45) is 0. The lowest BCUT2D eigenvalue weighted by Crippen LogP contribution is -2.14. The second-order valence-corrected chi connectivity index (χ2v) is 6.81. The molecule has 3 rings (SSSR count). The average molecular weight is 280 g/mol. The maximum absolute atomic E-state index is 5.61. The topological polar surface area (TPSA) is 9.23 Å². The van der Waals surface area contributed by atoms with E-state index in [9.17, 15) is 0 Å². The first kappa shape index (κ1) is 13.1. The van der Waals surface area contributed by atoms with Crippen LogP contribution in [-0.2, 0) is 0 Å². The molecular weight excluding hydrogens is 263 g/mol. The Kier molecular flexibility index (Phi) is 3.71. The normalized spacial score (nSPS) is 12.3. The zero-order valence-electron chi connectivity index (χ0n) is 11.7. The van der Waals surface area contributed by atoms with Crippen LogP contribution in [0.1, 0.15) is 0 Å². The highest BCUT2D eigenvalue weighted by Crippen LogP contribution is 2.36. The van der Waals surface area contributed by atoms with Gasteiger partial charge in [0.15, 0.2) is 0 Å². The Morgan fingerprint density at radius 1 is 0.800 bits per heavy atom. The van der Waals surface area contributed by atoms with Gasteiger partial charge in [0, 0.05) is 5.30 Å². The quantitative estimate of drug-likeness (QED) is 0.661. The van der Waals surface area contributed by atoms with Gasteiger partial charge in [0.2, 0.25) is 0 Å². The lowest BCUT2D eigenvalue weighted by molar-refractivity contribution is 0.419. The van der Waals surface area contributed by atoms with E-state index in [-0.39, 0.29) is 0 Å². The molecule has 0 aromatic heterocycles. The van der Waals surface area contributed by atoms with E-state index in [4.69, 9.17) is 4.74 Å². The summed E-state index contributed by atoms with van der Waals surface area (Å²) in [6.45, 7) is 2.30. The van der Waals surface area contributed by atoms with Crippen molar-refractivity contribution in [2.45, 2.75) is 0 Å². The third-order valence-electron chi connectivity index (χ3n) is 3.56. The molecule has 0 saturated heterocycles. The number of hydrogen-bond acceptors (Lipinski definition) is 1. The molecule has 0 heterocycles. The second kappa shape index (κ2) is 5.64. The van der Waals surface area contributed by atoms with Gasteiger partial charge in [-0.1, -0.05) is 60.7 Å². The molecule has 0 aliphatic carbocycles. The molecular formula is C18H17OP. The van der Waals surface area contributed by atoms with Crippen molar-refractivity contribution in [1.29, 1.82) is 0 Å². The van der Waals surface area contributed by atoms with E-state index < -0.39 is 7.92 Å². The number of methoxy groups -OCH3 is 1. The van der Waals surface area contributed by atoms with Crippen molar-refractivity contribution in [3.8, 4) is 5.75 Å². The minimum Gasteiger partial charge on any atom is -0.496 e. The van der Waals surface area contributed by atoms with Gasteiger partial charge in [0.25, 0.3) is 0 Å². The van der Waals surface area contributed by atoms with E-state index in [0.717, 1.165) is 5.75 Å². The number of rotatable bonds is 3. The van der Waals surface area contributed by atoms with E-state index in [1.807, 2.05) is 0 Å². The molecule has 0 spiro atoms. The highest BCUT2D eigenvalue weighted by molar-refractivity contribution is 7.73. The van der Waals surface area contributed by atoms with E-state index in [1.54, 1.807) is 7.11 Å². The molecule has 2 heteroatoms. The van der Waals surface area contributed by atoms with Gasteiger partial charge in [-0.05, 0) is 36.7 Å². The standard InChI is InChI=1S/C18H17OP/c1-19-17-13-12-14-8-6-7-11-16(14)18(17)20(2)15-9-4-3-5-10-15/h3-13H,1-2H3/t20-/m1/s1. The summed E-state index contributed by atoms with van der Waals surface area (Å²) in [5, 5.41) is 5.27. The molecule has 100 valence electrons. The summed E-state index contributed by atoms with van der Waals surface area (Å²) in [5.74, 6) is 0.987. The molecule has 3 aromatic rings. The fourth-order valence-corrected chi connectivity index (χ4v) is 4.47. The van der Waals surface area contributed by atoms with Crippen molar-refractivity contribution >= 4 is 29.3 Å². The fraction of sp³-hybridized carbons (Fsp3) is 0.111. The minimum absolute atomic E-state index is 0.422. The first-order chi connectivity index (χ1) is 9.81. The van der Waals surface area contributed by atoms with Gasteiger partial charge in [-0.25, -0.2) is 0 Å². The zero-order chi connectivity index (χ0) is 13.9. The summed E-state index contributed by atoms with van der Waals surface area (Å²) in [6, 6.07) is 23.4. The third-order valence-corrected chi connectivity index (χ3v) is 5.77. The number of ether oxygens (including phenoxy) is 1. The van der Waals surface area contributed by atoms with Gasteiger partial charge in [-0.15, -0.1) is 0 Å². The molecule has 0 bridgehead atoms. The van der Waals surface area contributed by atoms with Crippen LogP contribution < -0.4 is 15.3 Å². The molecule has 20 heavy (non-hydrogen) atoms. The SMILES string of the molecule is COc1ccc2ccccc2c1[P@](C)c1ccccc1. The van der Waals surface area contributed by atoms with E-state index in [0.29, 0.717) is 0 Å². The van der Waals surface area contributed by atoms with Crippen LogP contribution in [0.4, 0.5) is 0 Å². The molecule has 0 fully saturated rings. The van der Waals surface area contributed by atoms with Crippen molar-refractivity contribution < 1.29 is 4.74 Å². The number of fused-ring (bicyclic) bond motifs is 1. The van der Waals surface area contributed by atoms with E-state index in [1.165, 1.54) is 21.4 Å². The van der Waals surface area contributed by atoms with Gasteiger partial charge in [-0.2, -0.15) is 0 Å². The Hall–Kier alpha value is -1.85. The molecule has 0 N–H and O–H groups in total. The van der Waals surface area contributed by atoms with Crippen LogP contribution in [0.3, 0.4) is 0 Å². The molecule has 0 aliphatic rings. The molecule has 0 radical (unpaired) electrons. The van der Waals surface area contributed by atoms with Crippen LogP contribution in [0.25, 0.3) is 10.8 Å². The van der Waals surface area contributed by atoms with Crippen molar-refractivity contribution in [3.05, 3.63) is 66.7 Å². The molecule has 3 aromatic carbocycles. The summed E-state index contributed by atoms with van der Waals surface area (Å²) < 4.78 is 5.61. The largest absolute Gasteiger partial charge is 0.496 e. The Morgan fingerprint density at radius 2 is 1.50 bits per heavy atom. The molecule has 1 atom stereocenters. The maximum atomic E-state index is 5.61.